The summed E-state index contributed by atoms with van der Waals surface area (Å²) in [7, 11) is 0. The number of carbonyl (C=O) groups is 1. The van der Waals surface area contributed by atoms with Gasteiger partial charge >= 0.3 is 0 Å². The Morgan fingerprint density at radius 3 is 3.12 bits per heavy atom. The number of nitrogens with zero attached hydrogens (tertiary/aromatic N) is 2. The van der Waals surface area contributed by atoms with Crippen LogP contribution in [0.4, 0.5) is 0 Å². The molecule has 1 N–H and O–H groups in total. The van der Waals surface area contributed by atoms with Gasteiger partial charge < -0.3 is 14.6 Å². The molecule has 1 atom stereocenters. The maximum atomic E-state index is 12.1. The fraction of sp³-hybridized carbons (Fsp3) is 0.556. The number of thioether (sulfide) groups is 1. The highest BCUT2D eigenvalue weighted by molar-refractivity contribution is 7.99. The molecule has 1 aliphatic heterocycles. The lowest BCUT2D eigenvalue weighted by atomic mass is 10.2. The Kier molecular flexibility index (Phi) is 6.56. The van der Waals surface area contributed by atoms with E-state index in [-0.39, 0.29) is 12.0 Å². The van der Waals surface area contributed by atoms with Crippen LogP contribution >= 0.6 is 23.1 Å². The van der Waals surface area contributed by atoms with E-state index in [0.717, 1.165) is 49.0 Å². The quantitative estimate of drug-likeness (QED) is 0.716. The van der Waals surface area contributed by atoms with E-state index >= 15 is 0 Å². The molecule has 1 saturated heterocycles. The van der Waals surface area contributed by atoms with E-state index in [0.29, 0.717) is 12.3 Å². The molecule has 0 spiro atoms. The standard InChI is InChI=1S/C18H25N3O2S2/c1-13-14(2)21(11-15-5-3-9-23-15)18(20-13)25-12-17(22)19-8-7-16-6-4-10-24-16/h4,6,10,15H,3,5,7-9,11-12H2,1-2H3,(H,19,22)/t15-/m0/s1. The van der Waals surface area contributed by atoms with Gasteiger partial charge in [0.25, 0.3) is 0 Å². The highest BCUT2D eigenvalue weighted by atomic mass is 32.2. The first-order valence-corrected chi connectivity index (χ1v) is 10.6. The number of carbonyl (C=O) groups excluding carboxylic acids is 1. The lowest BCUT2D eigenvalue weighted by Crippen LogP contribution is -2.27. The van der Waals surface area contributed by atoms with E-state index < -0.39 is 0 Å². The van der Waals surface area contributed by atoms with Crippen molar-refractivity contribution in [3.63, 3.8) is 0 Å². The lowest BCUT2D eigenvalue weighted by molar-refractivity contribution is -0.118. The van der Waals surface area contributed by atoms with Gasteiger partial charge in [-0.25, -0.2) is 4.98 Å². The van der Waals surface area contributed by atoms with Gasteiger partial charge in [0, 0.05) is 23.7 Å². The minimum absolute atomic E-state index is 0.0588. The molecule has 3 rings (SSSR count). The van der Waals surface area contributed by atoms with Crippen molar-refractivity contribution in [2.24, 2.45) is 0 Å². The number of hydrogen-bond donors (Lipinski definition) is 1. The highest BCUT2D eigenvalue weighted by Gasteiger charge is 2.20. The number of amides is 1. The number of thiophene rings is 1. The fourth-order valence-electron chi connectivity index (χ4n) is 2.90. The van der Waals surface area contributed by atoms with Gasteiger partial charge in [-0.15, -0.1) is 11.3 Å². The number of aryl methyl sites for hydroxylation is 1. The summed E-state index contributed by atoms with van der Waals surface area (Å²) in [6.45, 7) is 6.47. The molecule has 0 radical (unpaired) electrons. The van der Waals surface area contributed by atoms with Crippen LogP contribution in [0.2, 0.25) is 0 Å². The third kappa shape index (κ3) is 5.09. The zero-order valence-corrected chi connectivity index (χ0v) is 16.4. The van der Waals surface area contributed by atoms with Crippen LogP contribution < -0.4 is 5.32 Å². The van der Waals surface area contributed by atoms with Gasteiger partial charge in [0.05, 0.1) is 24.1 Å². The van der Waals surface area contributed by atoms with Crippen LogP contribution in [0.15, 0.2) is 22.7 Å². The topological polar surface area (TPSA) is 56.2 Å². The van der Waals surface area contributed by atoms with E-state index in [9.17, 15) is 4.79 Å². The van der Waals surface area contributed by atoms with Crippen LogP contribution in [0.1, 0.15) is 29.1 Å². The second-order valence-corrected chi connectivity index (χ2v) is 8.25. The molecule has 2 aromatic heterocycles. The molecule has 0 aromatic carbocycles. The van der Waals surface area contributed by atoms with Crippen molar-refractivity contribution in [1.82, 2.24) is 14.9 Å². The van der Waals surface area contributed by atoms with Crippen LogP contribution in [0, 0.1) is 13.8 Å². The smallest absolute Gasteiger partial charge is 0.230 e. The second-order valence-electron chi connectivity index (χ2n) is 6.28. The minimum Gasteiger partial charge on any atom is -0.376 e. The average molecular weight is 380 g/mol. The molecule has 0 unspecified atom stereocenters. The zero-order chi connectivity index (χ0) is 17.6. The molecule has 0 saturated carbocycles. The molecule has 25 heavy (non-hydrogen) atoms. The highest BCUT2D eigenvalue weighted by Crippen LogP contribution is 2.24. The van der Waals surface area contributed by atoms with Crippen molar-refractivity contribution < 1.29 is 9.53 Å². The molecule has 3 heterocycles. The predicted molar refractivity (Wildman–Crippen MR) is 102 cm³/mol. The molecule has 0 bridgehead atoms. The van der Waals surface area contributed by atoms with Gasteiger partial charge in [-0.1, -0.05) is 17.8 Å². The fourth-order valence-corrected chi connectivity index (χ4v) is 4.54. The van der Waals surface area contributed by atoms with Crippen molar-refractivity contribution >= 4 is 29.0 Å². The van der Waals surface area contributed by atoms with Gasteiger partial charge in [0.1, 0.15) is 0 Å². The van der Waals surface area contributed by atoms with Crippen molar-refractivity contribution in [1.29, 1.82) is 0 Å². The van der Waals surface area contributed by atoms with Crippen LogP contribution in [-0.4, -0.2) is 40.5 Å². The molecule has 2 aromatic rings. The number of aromatic nitrogens is 2. The van der Waals surface area contributed by atoms with Gasteiger partial charge in [-0.05, 0) is 44.6 Å². The Labute approximate surface area is 157 Å². The normalized spacial score (nSPS) is 17.1. The second kappa shape index (κ2) is 8.87. The zero-order valence-electron chi connectivity index (χ0n) is 14.8. The number of hydrogen-bond acceptors (Lipinski definition) is 5. The molecule has 7 heteroatoms. The Bertz CT molecular complexity index is 691. The Hall–Kier alpha value is -1.31. The SMILES string of the molecule is Cc1nc(SCC(=O)NCCc2cccs2)n(C[C@@H]2CCCO2)c1C. The van der Waals surface area contributed by atoms with Gasteiger partial charge in [-0.2, -0.15) is 0 Å². The largest absolute Gasteiger partial charge is 0.376 e. The van der Waals surface area contributed by atoms with Crippen molar-refractivity contribution in [2.75, 3.05) is 18.9 Å². The summed E-state index contributed by atoms with van der Waals surface area (Å²) >= 11 is 3.23. The minimum atomic E-state index is 0.0588. The molecule has 0 aliphatic carbocycles. The van der Waals surface area contributed by atoms with Crippen LogP contribution in [-0.2, 0) is 22.5 Å². The predicted octanol–water partition coefficient (Wildman–Crippen LogP) is 3.19. The van der Waals surface area contributed by atoms with E-state index in [1.54, 1.807) is 11.3 Å². The summed E-state index contributed by atoms with van der Waals surface area (Å²) in [5.41, 5.74) is 2.19. The van der Waals surface area contributed by atoms with E-state index in [2.05, 4.69) is 33.2 Å². The first-order chi connectivity index (χ1) is 12.1. The summed E-state index contributed by atoms with van der Waals surface area (Å²) in [6.07, 6.45) is 3.39. The van der Waals surface area contributed by atoms with Crippen molar-refractivity contribution in [3.05, 3.63) is 33.8 Å². The van der Waals surface area contributed by atoms with Crippen molar-refractivity contribution in [2.45, 2.75) is 50.9 Å². The molecule has 1 fully saturated rings. The monoisotopic (exact) mass is 379 g/mol. The number of nitrogens with one attached hydrogen (secondary N) is 1. The Morgan fingerprint density at radius 2 is 2.40 bits per heavy atom. The number of rotatable bonds is 8. The summed E-state index contributed by atoms with van der Waals surface area (Å²) in [5, 5.41) is 5.97. The van der Waals surface area contributed by atoms with Gasteiger partial charge in [0.2, 0.25) is 5.91 Å². The Morgan fingerprint density at radius 1 is 1.52 bits per heavy atom. The summed E-state index contributed by atoms with van der Waals surface area (Å²) < 4.78 is 7.96. The molecular formula is C18H25N3O2S2. The van der Waals surface area contributed by atoms with Crippen LogP contribution in [0.3, 0.4) is 0 Å². The summed E-state index contributed by atoms with van der Waals surface area (Å²) in [5.74, 6) is 0.454. The van der Waals surface area contributed by atoms with Crippen molar-refractivity contribution in [3.8, 4) is 0 Å². The molecule has 5 nitrogen and oxygen atoms in total. The molecule has 1 aliphatic rings. The maximum Gasteiger partial charge on any atom is 0.230 e. The third-order valence-electron chi connectivity index (χ3n) is 4.44. The summed E-state index contributed by atoms with van der Waals surface area (Å²) in [6, 6.07) is 4.13. The number of imidazole rings is 1. The molecule has 136 valence electrons. The molecule has 1 amide bonds. The first kappa shape index (κ1) is 18.5. The lowest BCUT2D eigenvalue weighted by Gasteiger charge is -2.14. The number of ether oxygens (including phenoxy) is 1. The van der Waals surface area contributed by atoms with E-state index in [1.165, 1.54) is 16.6 Å². The maximum absolute atomic E-state index is 12.1. The average Bonchev–Trinajstić information content (AvgIpc) is 3.33. The first-order valence-electron chi connectivity index (χ1n) is 8.70. The van der Waals surface area contributed by atoms with Gasteiger partial charge in [0.15, 0.2) is 5.16 Å². The Balaban J connectivity index is 1.49. The summed E-state index contributed by atoms with van der Waals surface area (Å²) in [4.78, 5) is 18.0. The van der Waals surface area contributed by atoms with Crippen LogP contribution in [0.25, 0.3) is 0 Å². The molecular weight excluding hydrogens is 354 g/mol. The van der Waals surface area contributed by atoms with E-state index in [1.807, 2.05) is 13.0 Å². The third-order valence-corrected chi connectivity index (χ3v) is 6.35. The van der Waals surface area contributed by atoms with Crippen LogP contribution in [0.5, 0.6) is 0 Å². The van der Waals surface area contributed by atoms with E-state index in [4.69, 9.17) is 4.74 Å². The van der Waals surface area contributed by atoms with Gasteiger partial charge in [-0.3, -0.25) is 4.79 Å².